The molecule has 0 aliphatic carbocycles. The fourth-order valence-corrected chi connectivity index (χ4v) is 2.97. The molecule has 2 aromatic rings. The van der Waals surface area contributed by atoms with Crippen molar-refractivity contribution in [1.29, 1.82) is 0 Å². The van der Waals surface area contributed by atoms with E-state index < -0.39 is 0 Å². The van der Waals surface area contributed by atoms with Crippen LogP contribution in [0.4, 0.5) is 4.39 Å². The third-order valence-corrected chi connectivity index (χ3v) is 4.06. The van der Waals surface area contributed by atoms with Crippen LogP contribution in [0.25, 0.3) is 0 Å². The van der Waals surface area contributed by atoms with Crippen LogP contribution in [0.1, 0.15) is 24.2 Å². The van der Waals surface area contributed by atoms with Crippen molar-refractivity contribution in [2.45, 2.75) is 13.0 Å². The molecular weight excluding hydrogens is 379 g/mol. The molecule has 0 radical (unpaired) electrons. The molecule has 0 spiro atoms. The van der Waals surface area contributed by atoms with Gasteiger partial charge in [-0.15, -0.1) is 5.10 Å². The van der Waals surface area contributed by atoms with E-state index in [1.807, 2.05) is 14.0 Å². The fraction of sp³-hybridized carbons (Fsp3) is 0.333. The highest BCUT2D eigenvalue weighted by atomic mass is 79.9. The summed E-state index contributed by atoms with van der Waals surface area (Å²) < 4.78 is 16.7. The second-order valence-corrected chi connectivity index (χ2v) is 5.65. The topological polar surface area (TPSA) is 42.7 Å². The number of halogens is 3. The first-order chi connectivity index (χ1) is 9.04. The molecule has 0 saturated heterocycles. The number of benzene rings is 1. The van der Waals surface area contributed by atoms with E-state index in [1.165, 1.54) is 12.1 Å². The number of nitrogens with one attached hydrogen (secondary N) is 1. The van der Waals surface area contributed by atoms with Gasteiger partial charge in [-0.3, -0.25) is 0 Å². The van der Waals surface area contributed by atoms with Gasteiger partial charge in [0.15, 0.2) is 4.60 Å². The number of hydrogen-bond donors (Lipinski definition) is 1. The van der Waals surface area contributed by atoms with Crippen LogP contribution in [0.5, 0.6) is 0 Å². The van der Waals surface area contributed by atoms with Gasteiger partial charge in [0, 0.05) is 11.5 Å². The smallest absolute Gasteiger partial charge is 0.153 e. The second kappa shape index (κ2) is 6.11. The van der Waals surface area contributed by atoms with Crippen molar-refractivity contribution >= 4 is 31.9 Å². The van der Waals surface area contributed by atoms with E-state index in [4.69, 9.17) is 0 Å². The van der Waals surface area contributed by atoms with Gasteiger partial charge in [-0.2, -0.15) is 0 Å². The van der Waals surface area contributed by atoms with Gasteiger partial charge >= 0.3 is 0 Å². The summed E-state index contributed by atoms with van der Waals surface area (Å²) in [5, 5.41) is 11.3. The van der Waals surface area contributed by atoms with E-state index in [0.29, 0.717) is 4.60 Å². The molecule has 1 atom stereocenters. The van der Waals surface area contributed by atoms with Crippen LogP contribution in [-0.2, 0) is 7.05 Å². The van der Waals surface area contributed by atoms with Crippen LogP contribution in [0.3, 0.4) is 0 Å². The van der Waals surface area contributed by atoms with E-state index in [9.17, 15) is 4.39 Å². The summed E-state index contributed by atoms with van der Waals surface area (Å²) in [5.41, 5.74) is 1.67. The Morgan fingerprint density at radius 2 is 2.16 bits per heavy atom. The van der Waals surface area contributed by atoms with Crippen molar-refractivity contribution in [1.82, 2.24) is 20.3 Å². The van der Waals surface area contributed by atoms with Gasteiger partial charge in [0.05, 0.1) is 11.7 Å². The first-order valence-corrected chi connectivity index (χ1v) is 7.36. The third-order valence-electron chi connectivity index (χ3n) is 2.78. The molecule has 0 saturated carbocycles. The van der Waals surface area contributed by atoms with Gasteiger partial charge in [-0.05, 0) is 46.2 Å². The largest absolute Gasteiger partial charge is 0.305 e. The number of aryl methyl sites for hydroxylation is 1. The maximum atomic E-state index is 13.5. The van der Waals surface area contributed by atoms with Crippen molar-refractivity contribution in [3.05, 3.63) is 44.3 Å². The van der Waals surface area contributed by atoms with E-state index in [2.05, 4.69) is 47.5 Å². The first-order valence-electron chi connectivity index (χ1n) is 5.78. The highest BCUT2D eigenvalue weighted by molar-refractivity contribution is 9.10. The van der Waals surface area contributed by atoms with E-state index in [-0.39, 0.29) is 11.9 Å². The number of aromatic nitrogens is 3. The standard InChI is InChI=1S/C12H13Br2FN4/c1-3-16-10(11-12(14)17-18-19(11)2)8-6-7(15)4-5-9(8)13/h4-6,10,16H,3H2,1-2H3. The lowest BCUT2D eigenvalue weighted by Gasteiger charge is -2.20. The van der Waals surface area contributed by atoms with Crippen LogP contribution in [0.2, 0.25) is 0 Å². The quantitative estimate of drug-likeness (QED) is 0.870. The molecule has 2 rings (SSSR count). The lowest BCUT2D eigenvalue weighted by Crippen LogP contribution is -2.25. The second-order valence-electron chi connectivity index (χ2n) is 4.05. The minimum absolute atomic E-state index is 0.190. The van der Waals surface area contributed by atoms with Crippen molar-refractivity contribution in [2.75, 3.05) is 6.54 Å². The number of nitrogens with zero attached hydrogens (tertiary/aromatic N) is 3. The van der Waals surface area contributed by atoms with Gasteiger partial charge in [-0.1, -0.05) is 28.1 Å². The zero-order valence-electron chi connectivity index (χ0n) is 10.5. The van der Waals surface area contributed by atoms with Crippen LogP contribution >= 0.6 is 31.9 Å². The number of rotatable bonds is 4. The summed E-state index contributed by atoms with van der Waals surface area (Å²) in [5.74, 6) is -0.271. The van der Waals surface area contributed by atoms with Gasteiger partial charge in [0.25, 0.3) is 0 Å². The van der Waals surface area contributed by atoms with Gasteiger partial charge in [0.1, 0.15) is 5.82 Å². The molecule has 4 nitrogen and oxygen atoms in total. The van der Waals surface area contributed by atoms with E-state index in [0.717, 1.165) is 22.3 Å². The summed E-state index contributed by atoms with van der Waals surface area (Å²) in [4.78, 5) is 0. The van der Waals surface area contributed by atoms with Crippen molar-refractivity contribution < 1.29 is 4.39 Å². The predicted octanol–water partition coefficient (Wildman–Crippen LogP) is 3.18. The molecule has 19 heavy (non-hydrogen) atoms. The van der Waals surface area contributed by atoms with Crippen molar-refractivity contribution in [2.24, 2.45) is 7.05 Å². The molecule has 0 aliphatic heterocycles. The van der Waals surface area contributed by atoms with E-state index >= 15 is 0 Å². The highest BCUT2D eigenvalue weighted by Gasteiger charge is 2.23. The average Bonchev–Trinajstić information content (AvgIpc) is 2.70. The summed E-state index contributed by atoms with van der Waals surface area (Å²) in [7, 11) is 1.81. The van der Waals surface area contributed by atoms with Crippen molar-refractivity contribution in [3.63, 3.8) is 0 Å². The lowest BCUT2D eigenvalue weighted by atomic mass is 10.0. The third kappa shape index (κ3) is 3.04. The molecular formula is C12H13Br2FN4. The maximum Gasteiger partial charge on any atom is 0.153 e. The van der Waals surface area contributed by atoms with Crippen LogP contribution in [0.15, 0.2) is 27.3 Å². The molecule has 0 bridgehead atoms. The summed E-state index contributed by atoms with van der Waals surface area (Å²) in [6, 6.07) is 4.45. The van der Waals surface area contributed by atoms with E-state index in [1.54, 1.807) is 10.7 Å². The van der Waals surface area contributed by atoms with Crippen LogP contribution in [0, 0.1) is 5.82 Å². The molecule has 7 heteroatoms. The Labute approximate surface area is 127 Å². The first kappa shape index (κ1) is 14.6. The molecule has 1 unspecified atom stereocenters. The molecule has 1 aromatic heterocycles. The van der Waals surface area contributed by atoms with Crippen LogP contribution in [-0.4, -0.2) is 21.5 Å². The molecule has 0 aliphatic rings. The minimum Gasteiger partial charge on any atom is -0.305 e. The molecule has 1 heterocycles. The van der Waals surface area contributed by atoms with Crippen molar-refractivity contribution in [3.8, 4) is 0 Å². The Hall–Kier alpha value is -0.790. The predicted molar refractivity (Wildman–Crippen MR) is 78.3 cm³/mol. The van der Waals surface area contributed by atoms with Gasteiger partial charge in [0.2, 0.25) is 0 Å². The average molecular weight is 392 g/mol. The minimum atomic E-state index is -0.271. The number of hydrogen-bond acceptors (Lipinski definition) is 3. The molecule has 1 aromatic carbocycles. The molecule has 0 amide bonds. The summed E-state index contributed by atoms with van der Waals surface area (Å²) >= 11 is 6.85. The Bertz CT molecular complexity index is 566. The molecule has 0 fully saturated rings. The normalized spacial score (nSPS) is 12.7. The zero-order chi connectivity index (χ0) is 14.0. The molecule has 102 valence electrons. The monoisotopic (exact) mass is 390 g/mol. The van der Waals surface area contributed by atoms with Crippen LogP contribution < -0.4 is 5.32 Å². The highest BCUT2D eigenvalue weighted by Crippen LogP contribution is 2.31. The van der Waals surface area contributed by atoms with Gasteiger partial charge < -0.3 is 5.32 Å². The molecule has 1 N–H and O–H groups in total. The van der Waals surface area contributed by atoms with Gasteiger partial charge in [-0.25, -0.2) is 9.07 Å². The Balaban J connectivity index is 2.54. The Morgan fingerprint density at radius 1 is 1.42 bits per heavy atom. The summed E-state index contributed by atoms with van der Waals surface area (Å²) in [6.07, 6.45) is 0. The summed E-state index contributed by atoms with van der Waals surface area (Å²) in [6.45, 7) is 2.74. The Morgan fingerprint density at radius 3 is 2.74 bits per heavy atom. The maximum absolute atomic E-state index is 13.5. The Kier molecular flexibility index (Phi) is 4.70. The SMILES string of the molecule is CCNC(c1cc(F)ccc1Br)c1c(Br)nnn1C. The zero-order valence-corrected chi connectivity index (χ0v) is 13.7. The fourth-order valence-electron chi connectivity index (χ4n) is 1.94. The lowest BCUT2D eigenvalue weighted by molar-refractivity contribution is 0.558.